The summed E-state index contributed by atoms with van der Waals surface area (Å²) >= 11 is 1.46. The fourth-order valence-corrected chi connectivity index (χ4v) is 4.12. The number of benzene rings is 2. The number of thioether (sulfide) groups is 1. The van der Waals surface area contributed by atoms with Gasteiger partial charge < -0.3 is 10.1 Å². The normalized spacial score (nSPS) is 16.7. The number of amides is 1. The van der Waals surface area contributed by atoms with E-state index in [0.717, 1.165) is 41.3 Å². The van der Waals surface area contributed by atoms with Crippen molar-refractivity contribution in [2.45, 2.75) is 31.0 Å². The van der Waals surface area contributed by atoms with Crippen molar-refractivity contribution in [1.29, 1.82) is 0 Å². The molecule has 4 rings (SSSR count). The van der Waals surface area contributed by atoms with Crippen molar-refractivity contribution in [3.05, 3.63) is 54.1 Å². The van der Waals surface area contributed by atoms with Crippen LogP contribution in [0.2, 0.25) is 0 Å². The first-order chi connectivity index (χ1) is 13.2. The van der Waals surface area contributed by atoms with Crippen molar-refractivity contribution in [3.8, 4) is 5.69 Å². The van der Waals surface area contributed by atoms with E-state index in [4.69, 9.17) is 9.72 Å². The Morgan fingerprint density at radius 2 is 2.07 bits per heavy atom. The van der Waals surface area contributed by atoms with E-state index in [1.807, 2.05) is 18.2 Å². The minimum Gasteiger partial charge on any atom is -0.376 e. The Labute approximate surface area is 163 Å². The van der Waals surface area contributed by atoms with Gasteiger partial charge in [-0.1, -0.05) is 41.6 Å². The summed E-state index contributed by atoms with van der Waals surface area (Å²) in [4.78, 5) is 17.0. The Morgan fingerprint density at radius 1 is 1.26 bits per heavy atom. The summed E-state index contributed by atoms with van der Waals surface area (Å²) in [5, 5.41) is 3.80. The average Bonchev–Trinajstić information content (AvgIpc) is 3.33. The van der Waals surface area contributed by atoms with Crippen LogP contribution in [0.5, 0.6) is 0 Å². The second-order valence-corrected chi connectivity index (χ2v) is 7.72. The lowest BCUT2D eigenvalue weighted by Gasteiger charge is -2.11. The minimum absolute atomic E-state index is 0.0120. The number of rotatable bonds is 6. The van der Waals surface area contributed by atoms with Crippen LogP contribution >= 0.6 is 11.8 Å². The van der Waals surface area contributed by atoms with E-state index in [1.54, 1.807) is 0 Å². The van der Waals surface area contributed by atoms with Crippen molar-refractivity contribution in [1.82, 2.24) is 14.9 Å². The van der Waals surface area contributed by atoms with Gasteiger partial charge in [-0.2, -0.15) is 0 Å². The molecule has 1 aromatic heterocycles. The highest BCUT2D eigenvalue weighted by molar-refractivity contribution is 7.99. The minimum atomic E-state index is 0.0120. The summed E-state index contributed by atoms with van der Waals surface area (Å²) in [6, 6.07) is 16.4. The van der Waals surface area contributed by atoms with Crippen molar-refractivity contribution in [2.75, 3.05) is 18.9 Å². The van der Waals surface area contributed by atoms with Gasteiger partial charge in [0.1, 0.15) is 0 Å². The molecule has 1 aliphatic heterocycles. The van der Waals surface area contributed by atoms with Crippen LogP contribution in [0.4, 0.5) is 0 Å². The molecule has 1 aliphatic rings. The molecule has 0 bridgehead atoms. The Morgan fingerprint density at radius 3 is 2.85 bits per heavy atom. The maximum Gasteiger partial charge on any atom is 0.230 e. The van der Waals surface area contributed by atoms with Crippen molar-refractivity contribution >= 4 is 28.7 Å². The van der Waals surface area contributed by atoms with Gasteiger partial charge in [-0.25, -0.2) is 4.98 Å². The van der Waals surface area contributed by atoms with Gasteiger partial charge in [0.25, 0.3) is 0 Å². The summed E-state index contributed by atoms with van der Waals surface area (Å²) in [6.07, 6.45) is 2.27. The third-order valence-electron chi connectivity index (χ3n) is 4.71. The van der Waals surface area contributed by atoms with Crippen LogP contribution in [-0.4, -0.2) is 40.5 Å². The molecule has 1 amide bonds. The highest BCUT2D eigenvalue weighted by Gasteiger charge is 2.17. The predicted molar refractivity (Wildman–Crippen MR) is 109 cm³/mol. The highest BCUT2D eigenvalue weighted by Crippen LogP contribution is 2.28. The standard InChI is InChI=1S/C21H23N3O2S/c1-15-8-10-16(11-9-15)24-19-7-3-2-6-18(19)23-21(24)27-14-20(25)22-13-17-5-4-12-26-17/h2-3,6-11,17H,4-5,12-14H2,1H3,(H,22,25). The summed E-state index contributed by atoms with van der Waals surface area (Å²) in [5.74, 6) is 0.347. The SMILES string of the molecule is Cc1ccc(-n2c(SCC(=O)NCC3CCCO3)nc3ccccc32)cc1. The maximum absolute atomic E-state index is 12.3. The number of hydrogen-bond acceptors (Lipinski definition) is 4. The molecule has 1 atom stereocenters. The van der Waals surface area contributed by atoms with E-state index in [9.17, 15) is 4.79 Å². The fraction of sp³-hybridized carbons (Fsp3) is 0.333. The molecular weight excluding hydrogens is 358 g/mol. The molecule has 0 radical (unpaired) electrons. The second-order valence-electron chi connectivity index (χ2n) is 6.78. The van der Waals surface area contributed by atoms with Crippen LogP contribution in [0, 0.1) is 6.92 Å². The van der Waals surface area contributed by atoms with E-state index in [-0.39, 0.29) is 12.0 Å². The number of para-hydroxylation sites is 2. The van der Waals surface area contributed by atoms with Crippen LogP contribution < -0.4 is 5.32 Å². The summed E-state index contributed by atoms with van der Waals surface area (Å²) in [7, 11) is 0. The van der Waals surface area contributed by atoms with Crippen molar-refractivity contribution in [2.24, 2.45) is 0 Å². The number of fused-ring (bicyclic) bond motifs is 1. The smallest absolute Gasteiger partial charge is 0.230 e. The molecule has 2 heterocycles. The third-order valence-corrected chi connectivity index (χ3v) is 5.64. The first kappa shape index (κ1) is 18.1. The number of nitrogens with zero attached hydrogens (tertiary/aromatic N) is 2. The molecule has 1 N–H and O–H groups in total. The molecule has 5 nitrogen and oxygen atoms in total. The monoisotopic (exact) mass is 381 g/mol. The summed E-state index contributed by atoms with van der Waals surface area (Å²) in [5.41, 5.74) is 4.24. The molecule has 140 valence electrons. The first-order valence-electron chi connectivity index (χ1n) is 9.26. The number of carbonyl (C=O) groups is 1. The molecule has 1 unspecified atom stereocenters. The van der Waals surface area contributed by atoms with Crippen LogP contribution in [0.1, 0.15) is 18.4 Å². The average molecular weight is 382 g/mol. The highest BCUT2D eigenvalue weighted by atomic mass is 32.2. The van der Waals surface area contributed by atoms with Gasteiger partial charge >= 0.3 is 0 Å². The van der Waals surface area contributed by atoms with E-state index in [1.165, 1.54) is 17.3 Å². The van der Waals surface area contributed by atoms with E-state index in [2.05, 4.69) is 47.1 Å². The van der Waals surface area contributed by atoms with E-state index < -0.39 is 0 Å². The molecule has 27 heavy (non-hydrogen) atoms. The molecule has 6 heteroatoms. The zero-order valence-corrected chi connectivity index (χ0v) is 16.2. The topological polar surface area (TPSA) is 56.2 Å². The first-order valence-corrected chi connectivity index (χ1v) is 10.2. The predicted octanol–water partition coefficient (Wildman–Crippen LogP) is 3.72. The maximum atomic E-state index is 12.3. The van der Waals surface area contributed by atoms with Gasteiger partial charge in [0.2, 0.25) is 5.91 Å². The largest absolute Gasteiger partial charge is 0.376 e. The van der Waals surface area contributed by atoms with Crippen LogP contribution in [0.25, 0.3) is 16.7 Å². The van der Waals surface area contributed by atoms with Crippen molar-refractivity contribution < 1.29 is 9.53 Å². The number of carbonyl (C=O) groups excluding carboxylic acids is 1. The third kappa shape index (κ3) is 4.17. The van der Waals surface area contributed by atoms with E-state index >= 15 is 0 Å². The molecule has 0 aliphatic carbocycles. The van der Waals surface area contributed by atoms with Gasteiger partial charge in [-0.05, 0) is 44.0 Å². The molecule has 0 saturated carbocycles. The number of nitrogens with one attached hydrogen (secondary N) is 1. The zero-order valence-electron chi connectivity index (χ0n) is 15.4. The fourth-order valence-electron chi connectivity index (χ4n) is 3.26. The zero-order chi connectivity index (χ0) is 18.6. The second kappa shape index (κ2) is 8.15. The molecular formula is C21H23N3O2S. The summed E-state index contributed by atoms with van der Waals surface area (Å²) < 4.78 is 7.67. The number of ether oxygens (including phenoxy) is 1. The van der Waals surface area contributed by atoms with Gasteiger partial charge in [0.15, 0.2) is 5.16 Å². The molecule has 1 fully saturated rings. The number of aryl methyl sites for hydroxylation is 1. The van der Waals surface area contributed by atoms with Gasteiger partial charge in [-0.15, -0.1) is 0 Å². The molecule has 0 spiro atoms. The lowest BCUT2D eigenvalue weighted by Crippen LogP contribution is -2.32. The number of imidazole rings is 1. The summed E-state index contributed by atoms with van der Waals surface area (Å²) in [6.45, 7) is 3.47. The molecule has 1 saturated heterocycles. The van der Waals surface area contributed by atoms with Gasteiger partial charge in [0.05, 0.1) is 22.9 Å². The van der Waals surface area contributed by atoms with Gasteiger partial charge in [-0.3, -0.25) is 9.36 Å². The Balaban J connectivity index is 1.51. The lowest BCUT2D eigenvalue weighted by atomic mass is 10.2. The Bertz CT molecular complexity index is 930. The van der Waals surface area contributed by atoms with Crippen molar-refractivity contribution in [3.63, 3.8) is 0 Å². The Kier molecular flexibility index (Phi) is 5.45. The quantitative estimate of drug-likeness (QED) is 0.661. The number of hydrogen-bond donors (Lipinski definition) is 1. The molecule has 3 aromatic rings. The van der Waals surface area contributed by atoms with Crippen LogP contribution in [-0.2, 0) is 9.53 Å². The molecule has 2 aromatic carbocycles. The van der Waals surface area contributed by atoms with Crippen LogP contribution in [0.3, 0.4) is 0 Å². The van der Waals surface area contributed by atoms with E-state index in [0.29, 0.717) is 12.3 Å². The Hall–Kier alpha value is -2.31. The number of aromatic nitrogens is 2. The van der Waals surface area contributed by atoms with Gasteiger partial charge in [0, 0.05) is 18.8 Å². The van der Waals surface area contributed by atoms with Crippen LogP contribution in [0.15, 0.2) is 53.7 Å². The lowest BCUT2D eigenvalue weighted by molar-refractivity contribution is -0.119.